The zero-order valence-electron chi connectivity index (χ0n) is 12.2. The van der Waals surface area contributed by atoms with Gasteiger partial charge in [0.1, 0.15) is 0 Å². The fraction of sp³-hybridized carbons (Fsp3) is 1.00. The molecule has 1 saturated carbocycles. The van der Waals surface area contributed by atoms with Crippen molar-refractivity contribution < 1.29 is 4.43 Å². The Hall–Kier alpha value is 0.677. The van der Waals surface area contributed by atoms with Gasteiger partial charge in [-0.05, 0) is 37.4 Å². The maximum Gasteiger partial charge on any atom is 0.192 e. The minimum Gasteiger partial charge on any atom is -0.414 e. The Morgan fingerprint density at radius 3 is 1.67 bits per heavy atom. The van der Waals surface area contributed by atoms with E-state index in [1.54, 1.807) is 0 Å². The molecule has 6 heteroatoms. The minimum atomic E-state index is -1.66. The summed E-state index contributed by atoms with van der Waals surface area (Å²) in [6, 6.07) is 0.442. The third-order valence-electron chi connectivity index (χ3n) is 4.00. The molecule has 0 amide bonds. The Labute approximate surface area is 125 Å². The van der Waals surface area contributed by atoms with E-state index in [1.807, 2.05) is 0 Å². The maximum absolute atomic E-state index is 6.36. The first-order valence-corrected chi connectivity index (χ1v) is 9.21. The summed E-state index contributed by atoms with van der Waals surface area (Å²) >= 11 is 0. The van der Waals surface area contributed by atoms with Crippen molar-refractivity contribution in [1.82, 2.24) is 0 Å². The second-order valence-corrected chi connectivity index (χ2v) is 11.5. The smallest absolute Gasteiger partial charge is 0.192 e. The molecule has 0 spiro atoms. The summed E-state index contributed by atoms with van der Waals surface area (Å²) in [5, 5.41) is 0.263. The molecular weight excluding hydrogens is 287 g/mol. The van der Waals surface area contributed by atoms with Gasteiger partial charge in [-0.3, -0.25) is 0 Å². The largest absolute Gasteiger partial charge is 0.414 e. The van der Waals surface area contributed by atoms with E-state index >= 15 is 0 Å². The molecule has 0 bridgehead atoms. The fourth-order valence-corrected chi connectivity index (χ4v) is 3.42. The highest BCUT2D eigenvalue weighted by molar-refractivity contribution is 6.74. The van der Waals surface area contributed by atoms with E-state index in [0.717, 1.165) is 19.3 Å². The first-order chi connectivity index (χ1) is 7.12. The van der Waals surface area contributed by atoms with Crippen LogP contribution in [-0.2, 0) is 4.43 Å². The third kappa shape index (κ3) is 5.76. The van der Waals surface area contributed by atoms with Gasteiger partial charge in [-0.2, -0.15) is 0 Å². The lowest BCUT2D eigenvalue weighted by Crippen LogP contribution is -2.49. The molecule has 1 fully saturated rings. The maximum atomic E-state index is 6.36. The lowest BCUT2D eigenvalue weighted by molar-refractivity contribution is 0.118. The summed E-state index contributed by atoms with van der Waals surface area (Å²) in [6.45, 7) is 11.4. The molecule has 1 aliphatic carbocycles. The zero-order valence-corrected chi connectivity index (χ0v) is 14.9. The molecule has 3 atom stereocenters. The first kappa shape index (κ1) is 21.0. The van der Waals surface area contributed by atoms with E-state index in [-0.39, 0.29) is 48.0 Å². The highest BCUT2D eigenvalue weighted by atomic mass is 35.5. The van der Waals surface area contributed by atoms with E-state index in [0.29, 0.717) is 0 Å². The molecular formula is C12H30Cl2N2OSi. The standard InChI is InChI=1S/C12H28N2OSi.2ClH/c1-12(2,3)16(4,5)15-11-7-9(13)6-10(14)8-11;;/h9-11H,6-8,13-14H2,1-5H3;2*1H/t9-,10+,11?;;. The molecule has 112 valence electrons. The fourth-order valence-electron chi connectivity index (χ4n) is 2.04. The van der Waals surface area contributed by atoms with Crippen LogP contribution in [0.5, 0.6) is 0 Å². The van der Waals surface area contributed by atoms with Crippen molar-refractivity contribution >= 4 is 33.1 Å². The van der Waals surface area contributed by atoms with Crippen molar-refractivity contribution in [2.24, 2.45) is 11.5 Å². The molecule has 0 aromatic rings. The number of rotatable bonds is 2. The van der Waals surface area contributed by atoms with Gasteiger partial charge in [-0.15, -0.1) is 24.8 Å². The second-order valence-electron chi connectivity index (χ2n) is 6.73. The predicted octanol–water partition coefficient (Wildman–Crippen LogP) is 3.06. The summed E-state index contributed by atoms with van der Waals surface area (Å²) in [5.41, 5.74) is 12.0. The van der Waals surface area contributed by atoms with Gasteiger partial charge in [0.25, 0.3) is 0 Å². The minimum absolute atomic E-state index is 0. The Morgan fingerprint density at radius 2 is 1.33 bits per heavy atom. The lowest BCUT2D eigenvalue weighted by Gasteiger charge is -2.42. The number of halogens is 2. The van der Waals surface area contributed by atoms with Gasteiger partial charge in [-0.1, -0.05) is 20.8 Å². The van der Waals surface area contributed by atoms with Crippen LogP contribution in [0, 0.1) is 0 Å². The van der Waals surface area contributed by atoms with Crippen LogP contribution in [0.3, 0.4) is 0 Å². The summed E-state index contributed by atoms with van der Waals surface area (Å²) in [5.74, 6) is 0. The highest BCUT2D eigenvalue weighted by Gasteiger charge is 2.40. The molecule has 1 unspecified atom stereocenters. The average molecular weight is 317 g/mol. The van der Waals surface area contributed by atoms with Gasteiger partial charge in [0.05, 0.1) is 0 Å². The van der Waals surface area contributed by atoms with Crippen LogP contribution in [-0.4, -0.2) is 26.5 Å². The Bertz CT molecular complexity index is 237. The van der Waals surface area contributed by atoms with E-state index in [9.17, 15) is 0 Å². The van der Waals surface area contributed by atoms with Crippen LogP contribution >= 0.6 is 24.8 Å². The number of nitrogens with two attached hydrogens (primary N) is 2. The third-order valence-corrected chi connectivity index (χ3v) is 8.54. The molecule has 1 aliphatic rings. The monoisotopic (exact) mass is 316 g/mol. The van der Waals surface area contributed by atoms with Crippen molar-refractivity contribution in [1.29, 1.82) is 0 Å². The Morgan fingerprint density at radius 1 is 0.944 bits per heavy atom. The molecule has 4 N–H and O–H groups in total. The van der Waals surface area contributed by atoms with E-state index in [4.69, 9.17) is 15.9 Å². The van der Waals surface area contributed by atoms with Crippen LogP contribution in [0.4, 0.5) is 0 Å². The van der Waals surface area contributed by atoms with Gasteiger partial charge in [-0.25, -0.2) is 0 Å². The summed E-state index contributed by atoms with van der Waals surface area (Å²) in [7, 11) is -1.66. The van der Waals surface area contributed by atoms with Gasteiger partial charge in [0.15, 0.2) is 8.32 Å². The zero-order chi connectivity index (χ0) is 12.6. The molecule has 0 aromatic heterocycles. The van der Waals surface area contributed by atoms with Crippen LogP contribution in [0.15, 0.2) is 0 Å². The summed E-state index contributed by atoms with van der Waals surface area (Å²) in [4.78, 5) is 0. The highest BCUT2D eigenvalue weighted by Crippen LogP contribution is 2.38. The molecule has 0 aliphatic heterocycles. The van der Waals surface area contributed by atoms with Crippen molar-refractivity contribution in [3.05, 3.63) is 0 Å². The number of hydrogen-bond donors (Lipinski definition) is 2. The van der Waals surface area contributed by atoms with Crippen molar-refractivity contribution in [2.75, 3.05) is 0 Å². The van der Waals surface area contributed by atoms with Gasteiger partial charge < -0.3 is 15.9 Å². The van der Waals surface area contributed by atoms with E-state index < -0.39 is 8.32 Å². The second kappa shape index (κ2) is 7.46. The normalized spacial score (nSPS) is 29.2. The van der Waals surface area contributed by atoms with Crippen LogP contribution < -0.4 is 11.5 Å². The predicted molar refractivity (Wildman–Crippen MR) is 86.4 cm³/mol. The van der Waals surface area contributed by atoms with Crippen molar-refractivity contribution in [3.63, 3.8) is 0 Å². The summed E-state index contributed by atoms with van der Waals surface area (Å²) < 4.78 is 6.36. The van der Waals surface area contributed by atoms with E-state index in [2.05, 4.69) is 33.9 Å². The van der Waals surface area contributed by atoms with Gasteiger partial charge in [0.2, 0.25) is 0 Å². The number of hydrogen-bond acceptors (Lipinski definition) is 3. The molecule has 0 radical (unpaired) electrons. The summed E-state index contributed by atoms with van der Waals surface area (Å²) in [6.07, 6.45) is 3.16. The first-order valence-electron chi connectivity index (χ1n) is 6.31. The van der Waals surface area contributed by atoms with Gasteiger partial charge in [0, 0.05) is 18.2 Å². The average Bonchev–Trinajstić information content (AvgIpc) is 1.97. The quantitative estimate of drug-likeness (QED) is 0.770. The van der Waals surface area contributed by atoms with Crippen LogP contribution in [0.1, 0.15) is 40.0 Å². The Kier molecular flexibility index (Phi) is 8.69. The molecule has 3 nitrogen and oxygen atoms in total. The lowest BCUT2D eigenvalue weighted by atomic mass is 9.90. The van der Waals surface area contributed by atoms with Gasteiger partial charge >= 0.3 is 0 Å². The van der Waals surface area contributed by atoms with Crippen molar-refractivity contribution in [3.8, 4) is 0 Å². The van der Waals surface area contributed by atoms with Crippen LogP contribution in [0.25, 0.3) is 0 Å². The Balaban J connectivity index is 0. The molecule has 0 heterocycles. The SMILES string of the molecule is CC(C)(C)[Si](C)(C)OC1C[C@@H](N)C[C@@H](N)C1.Cl.Cl. The molecule has 0 aromatic carbocycles. The molecule has 1 rings (SSSR count). The van der Waals surface area contributed by atoms with E-state index in [1.165, 1.54) is 0 Å². The van der Waals surface area contributed by atoms with Crippen molar-refractivity contribution in [2.45, 2.75) is 76.4 Å². The van der Waals surface area contributed by atoms with Crippen LogP contribution in [0.2, 0.25) is 18.1 Å². The molecule has 18 heavy (non-hydrogen) atoms. The molecule has 0 saturated heterocycles. The topological polar surface area (TPSA) is 61.3 Å².